The largest absolute Gasteiger partial charge is 0.408 e. The molecular weight excluding hydrogens is 290 g/mol. The zero-order chi connectivity index (χ0) is 14.1. The van der Waals surface area contributed by atoms with Gasteiger partial charge in [0, 0.05) is 5.56 Å². The van der Waals surface area contributed by atoms with Crippen LogP contribution in [0.15, 0.2) is 28.7 Å². The Morgan fingerprint density at radius 1 is 1.30 bits per heavy atom. The molecule has 0 aliphatic rings. The molecule has 0 bridgehead atoms. The number of nitrogens with zero attached hydrogens (tertiary/aromatic N) is 2. The molecule has 3 rings (SSSR count). The third-order valence-corrected chi connectivity index (χ3v) is 4.41. The van der Waals surface area contributed by atoms with Crippen LogP contribution in [0.25, 0.3) is 21.3 Å². The molecule has 20 heavy (non-hydrogen) atoms. The van der Waals surface area contributed by atoms with Gasteiger partial charge in [-0.2, -0.15) is 0 Å². The molecule has 0 amide bonds. The van der Waals surface area contributed by atoms with Gasteiger partial charge in [-0.05, 0) is 31.1 Å². The van der Waals surface area contributed by atoms with Gasteiger partial charge in [-0.25, -0.2) is 10.1 Å². The van der Waals surface area contributed by atoms with E-state index >= 15 is 0 Å². The van der Waals surface area contributed by atoms with Crippen molar-refractivity contribution in [1.82, 2.24) is 15.2 Å². The number of aromatic amines is 1. The summed E-state index contributed by atoms with van der Waals surface area (Å²) in [6, 6.07) is 8.46. The predicted octanol–water partition coefficient (Wildman–Crippen LogP) is 4.39. The van der Waals surface area contributed by atoms with Crippen LogP contribution in [0.3, 0.4) is 0 Å². The lowest BCUT2D eigenvalue weighted by Gasteiger charge is -1.98. The fraction of sp³-hybridized carbons (Fsp3) is 0.214. The minimum absolute atomic E-state index is 0.279. The van der Waals surface area contributed by atoms with E-state index < -0.39 is 0 Å². The Labute approximate surface area is 125 Å². The topological polar surface area (TPSA) is 54.7 Å². The molecule has 3 aromatic rings. The SMILES string of the molecule is CCc1ccc(-c2nc(C)c(-c3n[nH]c(=S)o3)s2)cc1. The molecule has 6 heteroatoms. The molecule has 0 saturated carbocycles. The summed E-state index contributed by atoms with van der Waals surface area (Å²) in [6.07, 6.45) is 1.04. The number of aromatic nitrogens is 3. The van der Waals surface area contributed by atoms with Crippen molar-refractivity contribution in [2.24, 2.45) is 0 Å². The van der Waals surface area contributed by atoms with Crippen molar-refractivity contribution >= 4 is 23.6 Å². The molecule has 2 aromatic heterocycles. The maximum atomic E-state index is 5.35. The Morgan fingerprint density at radius 3 is 2.65 bits per heavy atom. The number of thiazole rings is 1. The molecule has 0 aliphatic heterocycles. The number of hydrogen-bond donors (Lipinski definition) is 1. The maximum Gasteiger partial charge on any atom is 0.284 e. The van der Waals surface area contributed by atoms with Gasteiger partial charge in [0.25, 0.3) is 10.7 Å². The van der Waals surface area contributed by atoms with Gasteiger partial charge in [0.15, 0.2) is 0 Å². The van der Waals surface area contributed by atoms with Gasteiger partial charge in [0.2, 0.25) is 0 Å². The lowest BCUT2D eigenvalue weighted by Crippen LogP contribution is -1.81. The van der Waals surface area contributed by atoms with Crippen molar-refractivity contribution in [2.75, 3.05) is 0 Å². The third-order valence-electron chi connectivity index (χ3n) is 3.04. The second-order valence-corrected chi connectivity index (χ2v) is 5.77. The molecule has 4 nitrogen and oxygen atoms in total. The molecule has 0 radical (unpaired) electrons. The number of aryl methyl sites for hydroxylation is 2. The Bertz CT molecular complexity index is 783. The van der Waals surface area contributed by atoms with Crippen LogP contribution in [0.5, 0.6) is 0 Å². The monoisotopic (exact) mass is 303 g/mol. The molecule has 0 unspecified atom stereocenters. The second kappa shape index (κ2) is 5.30. The summed E-state index contributed by atoms with van der Waals surface area (Å²) in [4.78, 5) is 5.78. The lowest BCUT2D eigenvalue weighted by atomic mass is 10.1. The average molecular weight is 303 g/mol. The predicted molar refractivity (Wildman–Crippen MR) is 82.3 cm³/mol. The van der Waals surface area contributed by atoms with E-state index in [1.807, 2.05) is 6.92 Å². The van der Waals surface area contributed by atoms with Gasteiger partial charge in [0.1, 0.15) is 9.88 Å². The highest BCUT2D eigenvalue weighted by molar-refractivity contribution is 7.71. The van der Waals surface area contributed by atoms with Crippen molar-refractivity contribution in [1.29, 1.82) is 0 Å². The van der Waals surface area contributed by atoms with Crippen molar-refractivity contribution in [2.45, 2.75) is 20.3 Å². The number of H-pyrrole nitrogens is 1. The zero-order valence-corrected chi connectivity index (χ0v) is 12.8. The smallest absolute Gasteiger partial charge is 0.284 e. The van der Waals surface area contributed by atoms with E-state index in [-0.39, 0.29) is 4.84 Å². The second-order valence-electron chi connectivity index (χ2n) is 4.40. The first kappa shape index (κ1) is 13.2. The zero-order valence-electron chi connectivity index (χ0n) is 11.1. The summed E-state index contributed by atoms with van der Waals surface area (Å²) in [7, 11) is 0. The minimum atomic E-state index is 0.279. The van der Waals surface area contributed by atoms with E-state index in [9.17, 15) is 0 Å². The molecule has 0 spiro atoms. The van der Waals surface area contributed by atoms with Crippen LogP contribution in [-0.2, 0) is 6.42 Å². The lowest BCUT2D eigenvalue weighted by molar-refractivity contribution is 0.553. The first-order valence-corrected chi connectivity index (χ1v) is 7.52. The summed E-state index contributed by atoms with van der Waals surface area (Å²) >= 11 is 6.46. The van der Waals surface area contributed by atoms with Crippen LogP contribution >= 0.6 is 23.6 Å². The van der Waals surface area contributed by atoms with Crippen molar-refractivity contribution in [3.8, 4) is 21.3 Å². The van der Waals surface area contributed by atoms with Gasteiger partial charge in [-0.15, -0.1) is 16.4 Å². The normalized spacial score (nSPS) is 10.9. The molecule has 0 atom stereocenters. The summed E-state index contributed by atoms with van der Waals surface area (Å²) in [5, 5.41) is 7.65. The fourth-order valence-corrected chi connectivity index (χ4v) is 3.05. The highest BCUT2D eigenvalue weighted by Gasteiger charge is 2.15. The van der Waals surface area contributed by atoms with E-state index in [2.05, 4.69) is 46.4 Å². The maximum absolute atomic E-state index is 5.35. The number of hydrogen-bond acceptors (Lipinski definition) is 5. The summed E-state index contributed by atoms with van der Waals surface area (Å²) < 4.78 is 5.35. The summed E-state index contributed by atoms with van der Waals surface area (Å²) in [5.41, 5.74) is 3.32. The van der Waals surface area contributed by atoms with Gasteiger partial charge in [-0.1, -0.05) is 31.2 Å². The first-order chi connectivity index (χ1) is 9.67. The standard InChI is InChI=1S/C14H13N3OS2/c1-3-9-4-6-10(7-5-9)13-15-8(2)11(20-13)12-16-17-14(19)18-12/h4-7H,3H2,1-2H3,(H,17,19). The molecule has 1 N–H and O–H groups in total. The molecule has 2 heterocycles. The van der Waals surface area contributed by atoms with Crippen molar-refractivity contribution in [3.63, 3.8) is 0 Å². The first-order valence-electron chi connectivity index (χ1n) is 6.30. The molecule has 0 saturated heterocycles. The van der Waals surface area contributed by atoms with E-state index in [0.717, 1.165) is 27.6 Å². The van der Waals surface area contributed by atoms with Gasteiger partial charge in [0.05, 0.1) is 5.69 Å². The number of rotatable bonds is 3. The van der Waals surface area contributed by atoms with Crippen LogP contribution in [0.2, 0.25) is 0 Å². The van der Waals surface area contributed by atoms with Gasteiger partial charge < -0.3 is 4.42 Å². The van der Waals surface area contributed by atoms with E-state index in [1.54, 1.807) is 11.3 Å². The highest BCUT2D eigenvalue weighted by Crippen LogP contribution is 2.34. The van der Waals surface area contributed by atoms with E-state index in [0.29, 0.717) is 5.89 Å². The molecule has 1 aromatic carbocycles. The Hall–Kier alpha value is -1.79. The van der Waals surface area contributed by atoms with E-state index in [4.69, 9.17) is 16.6 Å². The van der Waals surface area contributed by atoms with Crippen molar-refractivity contribution < 1.29 is 4.42 Å². The molecule has 0 aliphatic carbocycles. The highest BCUT2D eigenvalue weighted by atomic mass is 32.1. The molecule has 0 fully saturated rings. The van der Waals surface area contributed by atoms with Crippen LogP contribution in [0, 0.1) is 11.8 Å². The Kier molecular flexibility index (Phi) is 3.50. The molecule has 102 valence electrons. The van der Waals surface area contributed by atoms with Crippen LogP contribution in [0.4, 0.5) is 0 Å². The van der Waals surface area contributed by atoms with Crippen molar-refractivity contribution in [3.05, 3.63) is 40.4 Å². The quantitative estimate of drug-likeness (QED) is 0.729. The minimum Gasteiger partial charge on any atom is -0.408 e. The van der Waals surface area contributed by atoms with Gasteiger partial charge in [-0.3, -0.25) is 0 Å². The van der Waals surface area contributed by atoms with Gasteiger partial charge >= 0.3 is 0 Å². The Balaban J connectivity index is 2.01. The average Bonchev–Trinajstić information content (AvgIpc) is 3.05. The van der Waals surface area contributed by atoms with E-state index in [1.165, 1.54) is 5.56 Å². The summed E-state index contributed by atoms with van der Waals surface area (Å²) in [6.45, 7) is 4.09. The third kappa shape index (κ3) is 2.44. The van der Waals surface area contributed by atoms with Crippen LogP contribution in [0.1, 0.15) is 18.2 Å². The van der Waals surface area contributed by atoms with Crippen LogP contribution in [-0.4, -0.2) is 15.2 Å². The number of benzene rings is 1. The molecular formula is C14H13N3OS2. The fourth-order valence-electron chi connectivity index (χ4n) is 1.93. The number of nitrogens with one attached hydrogen (secondary N) is 1. The summed E-state index contributed by atoms with van der Waals surface area (Å²) in [5.74, 6) is 0.501. The van der Waals surface area contributed by atoms with Crippen LogP contribution < -0.4 is 0 Å². The Morgan fingerprint density at radius 2 is 2.05 bits per heavy atom.